The SMILES string of the molecule is N#CC1CCN(C(=O)Cc2csc(COc3ccccc3)n2)CC1. The van der Waals surface area contributed by atoms with Crippen LogP contribution in [0.1, 0.15) is 23.5 Å². The van der Waals surface area contributed by atoms with Crippen molar-refractivity contribution in [3.8, 4) is 11.8 Å². The molecule has 0 N–H and O–H groups in total. The molecule has 0 unspecified atom stereocenters. The highest BCUT2D eigenvalue weighted by atomic mass is 32.1. The second-order valence-corrected chi connectivity index (χ2v) is 6.74. The van der Waals surface area contributed by atoms with Gasteiger partial charge in [-0.15, -0.1) is 11.3 Å². The van der Waals surface area contributed by atoms with Gasteiger partial charge in [-0.05, 0) is 25.0 Å². The first-order valence-electron chi connectivity index (χ1n) is 8.03. The third-order valence-electron chi connectivity index (χ3n) is 4.07. The van der Waals surface area contributed by atoms with Crippen molar-refractivity contribution in [3.63, 3.8) is 0 Å². The van der Waals surface area contributed by atoms with E-state index >= 15 is 0 Å². The van der Waals surface area contributed by atoms with Crippen LogP contribution in [-0.2, 0) is 17.8 Å². The molecule has 2 heterocycles. The van der Waals surface area contributed by atoms with Crippen LogP contribution in [0.5, 0.6) is 5.75 Å². The van der Waals surface area contributed by atoms with Gasteiger partial charge in [0, 0.05) is 24.4 Å². The first kappa shape index (κ1) is 16.5. The highest BCUT2D eigenvalue weighted by Crippen LogP contribution is 2.19. The molecular formula is C18H19N3O2S. The van der Waals surface area contributed by atoms with Crippen LogP contribution in [0.3, 0.4) is 0 Å². The molecule has 0 spiro atoms. The summed E-state index contributed by atoms with van der Waals surface area (Å²) in [5.41, 5.74) is 0.791. The molecule has 1 amide bonds. The van der Waals surface area contributed by atoms with Crippen LogP contribution >= 0.6 is 11.3 Å². The Kier molecular flexibility index (Phi) is 5.44. The highest BCUT2D eigenvalue weighted by molar-refractivity contribution is 7.09. The number of piperidine rings is 1. The minimum Gasteiger partial charge on any atom is -0.486 e. The largest absolute Gasteiger partial charge is 0.486 e. The summed E-state index contributed by atoms with van der Waals surface area (Å²) in [5, 5.41) is 11.7. The Morgan fingerprint density at radius 2 is 2.08 bits per heavy atom. The number of carbonyl (C=O) groups excluding carboxylic acids is 1. The number of nitriles is 1. The van der Waals surface area contributed by atoms with Crippen LogP contribution in [0.15, 0.2) is 35.7 Å². The van der Waals surface area contributed by atoms with E-state index < -0.39 is 0 Å². The van der Waals surface area contributed by atoms with E-state index in [-0.39, 0.29) is 11.8 Å². The fourth-order valence-electron chi connectivity index (χ4n) is 2.68. The summed E-state index contributed by atoms with van der Waals surface area (Å²) in [7, 11) is 0. The van der Waals surface area contributed by atoms with Crippen molar-refractivity contribution < 1.29 is 9.53 Å². The zero-order chi connectivity index (χ0) is 16.8. The molecule has 1 aromatic heterocycles. The Morgan fingerprint density at radius 3 is 2.79 bits per heavy atom. The second-order valence-electron chi connectivity index (χ2n) is 5.80. The number of rotatable bonds is 5. The summed E-state index contributed by atoms with van der Waals surface area (Å²) in [6.45, 7) is 1.76. The van der Waals surface area contributed by atoms with Crippen molar-refractivity contribution in [2.75, 3.05) is 13.1 Å². The van der Waals surface area contributed by atoms with E-state index in [1.807, 2.05) is 40.6 Å². The molecule has 0 aliphatic carbocycles. The van der Waals surface area contributed by atoms with Crippen molar-refractivity contribution in [3.05, 3.63) is 46.4 Å². The summed E-state index contributed by atoms with van der Waals surface area (Å²) in [5.74, 6) is 0.993. The molecule has 0 atom stereocenters. The van der Waals surface area contributed by atoms with Gasteiger partial charge in [-0.1, -0.05) is 18.2 Å². The maximum atomic E-state index is 12.3. The first-order chi connectivity index (χ1) is 11.7. The summed E-state index contributed by atoms with van der Waals surface area (Å²) in [4.78, 5) is 18.7. The van der Waals surface area contributed by atoms with Crippen molar-refractivity contribution in [1.29, 1.82) is 5.26 Å². The number of carbonyl (C=O) groups is 1. The van der Waals surface area contributed by atoms with E-state index in [1.165, 1.54) is 11.3 Å². The van der Waals surface area contributed by atoms with Crippen LogP contribution in [0.25, 0.3) is 0 Å². The number of amides is 1. The smallest absolute Gasteiger partial charge is 0.228 e. The molecule has 1 aromatic carbocycles. The quantitative estimate of drug-likeness (QED) is 0.838. The number of hydrogen-bond donors (Lipinski definition) is 0. The molecule has 1 fully saturated rings. The summed E-state index contributed by atoms with van der Waals surface area (Å²) >= 11 is 1.51. The molecule has 24 heavy (non-hydrogen) atoms. The number of thiazole rings is 1. The number of hydrogen-bond acceptors (Lipinski definition) is 5. The van der Waals surface area contributed by atoms with Gasteiger partial charge in [0.25, 0.3) is 0 Å². The van der Waals surface area contributed by atoms with Crippen molar-refractivity contribution in [1.82, 2.24) is 9.88 Å². The third-order valence-corrected chi connectivity index (χ3v) is 4.94. The molecule has 124 valence electrons. The third kappa shape index (κ3) is 4.33. The minimum absolute atomic E-state index is 0.0900. The van der Waals surface area contributed by atoms with Crippen LogP contribution in [-0.4, -0.2) is 28.9 Å². The number of likely N-dealkylation sites (tertiary alicyclic amines) is 1. The topological polar surface area (TPSA) is 66.2 Å². The van der Waals surface area contributed by atoms with Crippen LogP contribution in [0, 0.1) is 17.2 Å². The zero-order valence-electron chi connectivity index (χ0n) is 13.4. The van der Waals surface area contributed by atoms with E-state index in [0.29, 0.717) is 26.1 Å². The van der Waals surface area contributed by atoms with Gasteiger partial charge in [-0.2, -0.15) is 5.26 Å². The normalized spacial score (nSPS) is 15.0. The van der Waals surface area contributed by atoms with E-state index in [1.54, 1.807) is 0 Å². The first-order valence-corrected chi connectivity index (χ1v) is 8.91. The number of aromatic nitrogens is 1. The Balaban J connectivity index is 1.49. The lowest BCUT2D eigenvalue weighted by Gasteiger charge is -2.29. The molecule has 2 aromatic rings. The Morgan fingerprint density at radius 1 is 1.33 bits per heavy atom. The molecule has 0 bridgehead atoms. The van der Waals surface area contributed by atoms with E-state index in [9.17, 15) is 4.79 Å². The molecule has 0 saturated carbocycles. The number of benzene rings is 1. The molecular weight excluding hydrogens is 322 g/mol. The molecule has 1 saturated heterocycles. The Labute approximate surface area is 145 Å². The lowest BCUT2D eigenvalue weighted by atomic mass is 9.98. The molecule has 1 aliphatic rings. The zero-order valence-corrected chi connectivity index (χ0v) is 14.2. The maximum Gasteiger partial charge on any atom is 0.228 e. The van der Waals surface area contributed by atoms with Gasteiger partial charge in [0.2, 0.25) is 5.91 Å². The lowest BCUT2D eigenvalue weighted by molar-refractivity contribution is -0.131. The van der Waals surface area contributed by atoms with E-state index in [2.05, 4.69) is 11.1 Å². The van der Waals surface area contributed by atoms with Crippen molar-refractivity contribution in [2.24, 2.45) is 5.92 Å². The van der Waals surface area contributed by atoms with Crippen LogP contribution < -0.4 is 4.74 Å². The molecule has 0 radical (unpaired) electrons. The molecule has 3 rings (SSSR count). The van der Waals surface area contributed by atoms with Gasteiger partial charge in [-0.3, -0.25) is 4.79 Å². The van der Waals surface area contributed by atoms with E-state index in [4.69, 9.17) is 10.00 Å². The van der Waals surface area contributed by atoms with Crippen LogP contribution in [0.2, 0.25) is 0 Å². The summed E-state index contributed by atoms with van der Waals surface area (Å²) in [6, 6.07) is 11.9. The Hall–Kier alpha value is -2.39. The fourth-order valence-corrected chi connectivity index (χ4v) is 3.39. The average molecular weight is 341 g/mol. The minimum atomic E-state index is 0.0900. The fraction of sp³-hybridized carbons (Fsp3) is 0.389. The van der Waals surface area contributed by atoms with Gasteiger partial charge in [0.1, 0.15) is 17.4 Å². The van der Waals surface area contributed by atoms with Gasteiger partial charge in [0.05, 0.1) is 18.2 Å². The number of para-hydroxylation sites is 1. The lowest BCUT2D eigenvalue weighted by Crippen LogP contribution is -2.39. The number of nitrogens with zero attached hydrogens (tertiary/aromatic N) is 3. The second kappa shape index (κ2) is 7.93. The maximum absolute atomic E-state index is 12.3. The van der Waals surface area contributed by atoms with Gasteiger partial charge < -0.3 is 9.64 Å². The molecule has 1 aliphatic heterocycles. The summed E-state index contributed by atoms with van der Waals surface area (Å²) < 4.78 is 5.67. The molecule has 6 heteroatoms. The van der Waals surface area contributed by atoms with Gasteiger partial charge >= 0.3 is 0 Å². The monoisotopic (exact) mass is 341 g/mol. The van der Waals surface area contributed by atoms with Crippen molar-refractivity contribution >= 4 is 17.2 Å². The van der Waals surface area contributed by atoms with Gasteiger partial charge in [-0.25, -0.2) is 4.98 Å². The summed E-state index contributed by atoms with van der Waals surface area (Å²) in [6.07, 6.45) is 1.87. The highest BCUT2D eigenvalue weighted by Gasteiger charge is 2.23. The standard InChI is InChI=1S/C18H19N3O2S/c19-11-14-6-8-21(9-7-14)18(22)10-15-13-24-17(20-15)12-23-16-4-2-1-3-5-16/h1-5,13-14H,6-10,12H2. The average Bonchev–Trinajstić information content (AvgIpc) is 3.08. The number of ether oxygens (including phenoxy) is 1. The van der Waals surface area contributed by atoms with Crippen molar-refractivity contribution in [2.45, 2.75) is 25.9 Å². The van der Waals surface area contributed by atoms with Gasteiger partial charge in [0.15, 0.2) is 0 Å². The van der Waals surface area contributed by atoms with E-state index in [0.717, 1.165) is 29.3 Å². The van der Waals surface area contributed by atoms with Crippen LogP contribution in [0.4, 0.5) is 0 Å². The predicted molar refractivity (Wildman–Crippen MR) is 91.5 cm³/mol. The Bertz CT molecular complexity index is 715. The molecule has 5 nitrogen and oxygen atoms in total. The predicted octanol–water partition coefficient (Wildman–Crippen LogP) is 3.03.